The molecule has 0 radical (unpaired) electrons. The Balaban J connectivity index is 2.81. The predicted octanol–water partition coefficient (Wildman–Crippen LogP) is 1.28. The molecule has 0 saturated carbocycles. The van der Waals surface area contributed by atoms with E-state index >= 15 is 0 Å². The molecule has 13 heavy (non-hydrogen) atoms. The second-order valence-corrected chi connectivity index (χ2v) is 4.02. The summed E-state index contributed by atoms with van der Waals surface area (Å²) in [6, 6.07) is 0. The third-order valence-electron chi connectivity index (χ3n) is 2.06. The fourth-order valence-electron chi connectivity index (χ4n) is 0.866. The van der Waals surface area contributed by atoms with E-state index in [1.54, 1.807) is 18.1 Å². The molecule has 1 heterocycles. The zero-order valence-electron chi connectivity index (χ0n) is 8.46. The maximum atomic E-state index is 11.7. The lowest BCUT2D eigenvalue weighted by Crippen LogP contribution is -2.42. The summed E-state index contributed by atoms with van der Waals surface area (Å²) in [6.45, 7) is 5.97. The molecule has 0 aromatic carbocycles. The quantitative estimate of drug-likeness (QED) is 0.709. The molecular weight excluding hydrogens is 166 g/mol. The minimum atomic E-state index is -0.158. The van der Waals surface area contributed by atoms with Crippen LogP contribution in [0.1, 0.15) is 31.1 Å². The van der Waals surface area contributed by atoms with Gasteiger partial charge in [0.05, 0.1) is 11.8 Å². The average molecular weight is 181 g/mol. The summed E-state index contributed by atoms with van der Waals surface area (Å²) in [5, 5.41) is 6.35. The van der Waals surface area contributed by atoms with Crippen LogP contribution in [0.4, 0.5) is 0 Å². The van der Waals surface area contributed by atoms with Gasteiger partial charge in [-0.2, -0.15) is 5.10 Å². The molecule has 0 atom stereocenters. The number of amides is 1. The third kappa shape index (κ3) is 2.08. The lowest BCUT2D eigenvalue weighted by Gasteiger charge is -2.31. The van der Waals surface area contributed by atoms with Crippen LogP contribution in [0.2, 0.25) is 0 Å². The predicted molar refractivity (Wildman–Crippen MR) is 50.4 cm³/mol. The van der Waals surface area contributed by atoms with Crippen LogP contribution in [0, 0.1) is 0 Å². The number of H-pyrrole nitrogens is 1. The van der Waals surface area contributed by atoms with E-state index < -0.39 is 0 Å². The summed E-state index contributed by atoms with van der Waals surface area (Å²) in [7, 11) is 1.79. The van der Waals surface area contributed by atoms with Crippen molar-refractivity contribution < 1.29 is 4.79 Å². The van der Waals surface area contributed by atoms with Gasteiger partial charge in [-0.25, -0.2) is 0 Å². The van der Waals surface area contributed by atoms with Crippen molar-refractivity contribution in [2.45, 2.75) is 26.3 Å². The first-order valence-corrected chi connectivity index (χ1v) is 4.20. The molecule has 1 amide bonds. The number of hydrogen-bond donors (Lipinski definition) is 1. The molecular formula is C9H15N3O. The van der Waals surface area contributed by atoms with Crippen LogP contribution in [-0.2, 0) is 0 Å². The Hall–Kier alpha value is -1.32. The summed E-state index contributed by atoms with van der Waals surface area (Å²) < 4.78 is 0. The fraction of sp³-hybridized carbons (Fsp3) is 0.556. The molecule has 1 N–H and O–H groups in total. The highest BCUT2D eigenvalue weighted by Crippen LogP contribution is 2.13. The molecule has 1 aromatic rings. The van der Waals surface area contributed by atoms with Gasteiger partial charge in [0, 0.05) is 18.8 Å². The summed E-state index contributed by atoms with van der Waals surface area (Å²) >= 11 is 0. The third-order valence-corrected chi connectivity index (χ3v) is 2.06. The first-order chi connectivity index (χ1) is 5.93. The molecule has 0 spiro atoms. The van der Waals surface area contributed by atoms with Crippen LogP contribution < -0.4 is 0 Å². The Bertz CT molecular complexity index is 284. The molecule has 72 valence electrons. The van der Waals surface area contributed by atoms with E-state index in [1.807, 2.05) is 20.8 Å². The number of carbonyl (C=O) groups excluding carboxylic acids is 1. The standard InChI is InChI=1S/C9H15N3O/c1-9(2,3)12(4)8(13)7-5-10-11-6-7/h5-6H,1-4H3,(H,10,11). The molecule has 4 nitrogen and oxygen atoms in total. The van der Waals surface area contributed by atoms with Gasteiger partial charge < -0.3 is 4.90 Å². The average Bonchev–Trinajstić information content (AvgIpc) is 2.51. The van der Waals surface area contributed by atoms with E-state index in [1.165, 1.54) is 6.20 Å². The molecule has 1 rings (SSSR count). The van der Waals surface area contributed by atoms with E-state index in [9.17, 15) is 4.79 Å². The summed E-state index contributed by atoms with van der Waals surface area (Å²) in [5.74, 6) is -0.0127. The minimum absolute atomic E-state index is 0.0127. The Labute approximate surface area is 77.9 Å². The van der Waals surface area contributed by atoms with E-state index in [-0.39, 0.29) is 11.4 Å². The Morgan fingerprint density at radius 2 is 2.15 bits per heavy atom. The zero-order chi connectivity index (χ0) is 10.1. The highest BCUT2D eigenvalue weighted by atomic mass is 16.2. The Morgan fingerprint density at radius 1 is 1.54 bits per heavy atom. The van der Waals surface area contributed by atoms with Gasteiger partial charge in [-0.3, -0.25) is 9.89 Å². The van der Waals surface area contributed by atoms with Crippen LogP contribution in [0.15, 0.2) is 12.4 Å². The van der Waals surface area contributed by atoms with Crippen molar-refractivity contribution in [2.24, 2.45) is 0 Å². The monoisotopic (exact) mass is 181 g/mol. The van der Waals surface area contributed by atoms with Gasteiger partial charge in [-0.1, -0.05) is 0 Å². The summed E-state index contributed by atoms with van der Waals surface area (Å²) in [4.78, 5) is 13.4. The van der Waals surface area contributed by atoms with Crippen molar-refractivity contribution in [1.82, 2.24) is 15.1 Å². The maximum Gasteiger partial charge on any atom is 0.257 e. The molecule has 4 heteroatoms. The Morgan fingerprint density at radius 3 is 2.54 bits per heavy atom. The maximum absolute atomic E-state index is 11.7. The number of hydrogen-bond acceptors (Lipinski definition) is 2. The van der Waals surface area contributed by atoms with Crippen LogP contribution in [0.25, 0.3) is 0 Å². The van der Waals surface area contributed by atoms with E-state index in [0.29, 0.717) is 5.56 Å². The summed E-state index contributed by atoms with van der Waals surface area (Å²) in [6.07, 6.45) is 3.13. The van der Waals surface area contributed by atoms with Gasteiger partial charge in [0.15, 0.2) is 0 Å². The van der Waals surface area contributed by atoms with Crippen molar-refractivity contribution in [1.29, 1.82) is 0 Å². The van der Waals surface area contributed by atoms with Crippen LogP contribution in [0.3, 0.4) is 0 Å². The normalized spacial score (nSPS) is 11.4. The highest BCUT2D eigenvalue weighted by molar-refractivity contribution is 5.93. The first kappa shape index (κ1) is 9.77. The number of nitrogens with zero attached hydrogens (tertiary/aromatic N) is 2. The molecule has 0 aliphatic heterocycles. The van der Waals surface area contributed by atoms with Crippen LogP contribution >= 0.6 is 0 Å². The topological polar surface area (TPSA) is 49.0 Å². The summed E-state index contributed by atoms with van der Waals surface area (Å²) in [5.41, 5.74) is 0.436. The van der Waals surface area contributed by atoms with Crippen molar-refractivity contribution in [3.63, 3.8) is 0 Å². The van der Waals surface area contributed by atoms with Crippen molar-refractivity contribution in [3.8, 4) is 0 Å². The van der Waals surface area contributed by atoms with Crippen molar-refractivity contribution in [2.75, 3.05) is 7.05 Å². The number of aromatic nitrogens is 2. The number of rotatable bonds is 1. The van der Waals surface area contributed by atoms with E-state index in [0.717, 1.165) is 0 Å². The second-order valence-electron chi connectivity index (χ2n) is 4.02. The zero-order valence-corrected chi connectivity index (χ0v) is 8.46. The minimum Gasteiger partial charge on any atom is -0.337 e. The van der Waals surface area contributed by atoms with E-state index in [2.05, 4.69) is 10.2 Å². The first-order valence-electron chi connectivity index (χ1n) is 4.20. The molecule has 1 aromatic heterocycles. The van der Waals surface area contributed by atoms with Gasteiger partial charge >= 0.3 is 0 Å². The number of nitrogens with one attached hydrogen (secondary N) is 1. The van der Waals surface area contributed by atoms with Gasteiger partial charge in [-0.15, -0.1) is 0 Å². The van der Waals surface area contributed by atoms with Crippen molar-refractivity contribution >= 4 is 5.91 Å². The van der Waals surface area contributed by atoms with Crippen LogP contribution in [-0.4, -0.2) is 33.6 Å². The SMILES string of the molecule is CN(C(=O)c1cn[nH]c1)C(C)(C)C. The number of aromatic amines is 1. The molecule has 0 aliphatic rings. The van der Waals surface area contributed by atoms with Gasteiger partial charge in [0.2, 0.25) is 0 Å². The fourth-order valence-corrected chi connectivity index (χ4v) is 0.866. The van der Waals surface area contributed by atoms with Gasteiger partial charge in [-0.05, 0) is 20.8 Å². The van der Waals surface area contributed by atoms with Crippen LogP contribution in [0.5, 0.6) is 0 Å². The molecule has 0 bridgehead atoms. The molecule has 0 fully saturated rings. The molecule has 0 saturated heterocycles. The second kappa shape index (κ2) is 3.20. The Kier molecular flexibility index (Phi) is 2.40. The number of carbonyl (C=O) groups is 1. The largest absolute Gasteiger partial charge is 0.337 e. The van der Waals surface area contributed by atoms with Gasteiger partial charge in [0.1, 0.15) is 0 Å². The smallest absolute Gasteiger partial charge is 0.257 e. The van der Waals surface area contributed by atoms with Gasteiger partial charge in [0.25, 0.3) is 5.91 Å². The molecule has 0 aliphatic carbocycles. The molecule has 0 unspecified atom stereocenters. The highest BCUT2D eigenvalue weighted by Gasteiger charge is 2.23. The van der Waals surface area contributed by atoms with E-state index in [4.69, 9.17) is 0 Å². The van der Waals surface area contributed by atoms with Crippen molar-refractivity contribution in [3.05, 3.63) is 18.0 Å². The lowest BCUT2D eigenvalue weighted by atomic mass is 10.1. The lowest BCUT2D eigenvalue weighted by molar-refractivity contribution is 0.0656.